The van der Waals surface area contributed by atoms with Crippen LogP contribution >= 0.6 is 34.8 Å². The van der Waals surface area contributed by atoms with E-state index < -0.39 is 28.5 Å². The maximum absolute atomic E-state index is 14.6. The number of anilines is 1. The first kappa shape index (κ1) is 33.8. The Bertz CT molecular complexity index is 1770. The van der Waals surface area contributed by atoms with Gasteiger partial charge < -0.3 is 10.2 Å². The van der Waals surface area contributed by atoms with E-state index in [2.05, 4.69) is 5.32 Å². The van der Waals surface area contributed by atoms with E-state index in [0.717, 1.165) is 35.6 Å². The lowest BCUT2D eigenvalue weighted by Crippen LogP contribution is -2.54. The van der Waals surface area contributed by atoms with E-state index in [9.17, 15) is 18.0 Å². The van der Waals surface area contributed by atoms with Crippen LogP contribution in [0.1, 0.15) is 36.8 Å². The van der Waals surface area contributed by atoms with Crippen LogP contribution in [-0.4, -0.2) is 43.8 Å². The number of amides is 2. The number of nitrogens with one attached hydrogen (secondary N) is 1. The van der Waals surface area contributed by atoms with Crippen molar-refractivity contribution < 1.29 is 18.0 Å². The molecule has 4 aromatic carbocycles. The minimum atomic E-state index is -4.28. The number of benzene rings is 4. The van der Waals surface area contributed by atoms with E-state index in [0.29, 0.717) is 15.6 Å². The highest BCUT2D eigenvalue weighted by Crippen LogP contribution is 2.33. The summed E-state index contributed by atoms with van der Waals surface area (Å²) in [6.07, 6.45) is 3.99. The minimum absolute atomic E-state index is 0.0109. The second-order valence-corrected chi connectivity index (χ2v) is 14.4. The lowest BCUT2D eigenvalue weighted by molar-refractivity contribution is -0.140. The normalized spacial score (nSPS) is 14.1. The molecule has 0 unspecified atom stereocenters. The number of sulfonamides is 1. The summed E-state index contributed by atoms with van der Waals surface area (Å²) in [5.74, 6) is -0.888. The Hall–Kier alpha value is -3.56. The molecular formula is C35H34Cl3N3O4S. The molecule has 7 nitrogen and oxygen atoms in total. The van der Waals surface area contributed by atoms with Crippen molar-refractivity contribution in [2.75, 3.05) is 10.8 Å². The van der Waals surface area contributed by atoms with Crippen molar-refractivity contribution in [3.05, 3.63) is 129 Å². The predicted molar refractivity (Wildman–Crippen MR) is 184 cm³/mol. The van der Waals surface area contributed by atoms with E-state index in [1.165, 1.54) is 35.2 Å². The molecular weight excluding hydrogens is 665 g/mol. The van der Waals surface area contributed by atoms with E-state index in [-0.39, 0.29) is 40.5 Å². The van der Waals surface area contributed by atoms with Crippen LogP contribution in [0.2, 0.25) is 15.1 Å². The highest BCUT2D eigenvalue weighted by Gasteiger charge is 2.36. The summed E-state index contributed by atoms with van der Waals surface area (Å²) in [6.45, 7) is -0.607. The lowest BCUT2D eigenvalue weighted by atomic mass is 10.0. The zero-order chi connectivity index (χ0) is 32.7. The molecule has 2 amide bonds. The molecule has 0 bridgehead atoms. The molecule has 4 aromatic rings. The van der Waals surface area contributed by atoms with Gasteiger partial charge in [-0.05, 0) is 66.4 Å². The minimum Gasteiger partial charge on any atom is -0.352 e. The second-order valence-electron chi connectivity index (χ2n) is 11.3. The summed E-state index contributed by atoms with van der Waals surface area (Å²) < 4.78 is 29.2. The monoisotopic (exact) mass is 697 g/mol. The molecule has 46 heavy (non-hydrogen) atoms. The molecule has 0 spiro atoms. The number of hydrogen-bond donors (Lipinski definition) is 1. The van der Waals surface area contributed by atoms with Gasteiger partial charge in [0.2, 0.25) is 11.8 Å². The fourth-order valence-electron chi connectivity index (χ4n) is 5.67. The molecule has 1 saturated carbocycles. The van der Waals surface area contributed by atoms with Crippen LogP contribution in [0, 0.1) is 0 Å². The van der Waals surface area contributed by atoms with Gasteiger partial charge in [-0.1, -0.05) is 108 Å². The third-order valence-corrected chi connectivity index (χ3v) is 10.5. The average molecular weight is 699 g/mol. The molecule has 240 valence electrons. The highest BCUT2D eigenvalue weighted by molar-refractivity contribution is 7.92. The first-order valence-corrected chi connectivity index (χ1v) is 17.6. The van der Waals surface area contributed by atoms with Gasteiger partial charge in [-0.15, -0.1) is 0 Å². The molecule has 0 radical (unpaired) electrons. The quantitative estimate of drug-likeness (QED) is 0.166. The summed E-state index contributed by atoms with van der Waals surface area (Å²) in [6, 6.07) is 27.7. The van der Waals surface area contributed by atoms with Crippen LogP contribution in [0.4, 0.5) is 5.69 Å². The molecule has 5 rings (SSSR count). The summed E-state index contributed by atoms with van der Waals surface area (Å²) in [5, 5.41) is 4.00. The number of hydrogen-bond acceptors (Lipinski definition) is 4. The van der Waals surface area contributed by atoms with Crippen LogP contribution in [0.5, 0.6) is 0 Å². The van der Waals surface area contributed by atoms with Gasteiger partial charge in [-0.2, -0.15) is 0 Å². The van der Waals surface area contributed by atoms with Crippen molar-refractivity contribution in [2.45, 2.75) is 55.6 Å². The van der Waals surface area contributed by atoms with E-state index in [4.69, 9.17) is 34.8 Å². The first-order valence-electron chi connectivity index (χ1n) is 15.0. The Labute approximate surface area is 285 Å². The molecule has 1 N–H and O–H groups in total. The standard InChI is InChI=1S/C35H34Cl3N3O4S/c36-27-13-9-12-26(20-27)23-40(33(21-25-10-3-1-4-11-25)35(43)39-29-14-7-8-15-29)34(42)24-41(32-19-18-28(37)22-31(32)38)46(44,45)30-16-5-2-6-17-30/h1-6,9-13,16-20,22,29,33H,7-8,14-15,21,23-24H2,(H,39,43)/t33-/m1/s1. The first-order chi connectivity index (χ1) is 22.1. The fourth-order valence-corrected chi connectivity index (χ4v) is 7.90. The number of carbonyl (C=O) groups is 2. The van der Waals surface area contributed by atoms with Crippen LogP contribution in [-0.2, 0) is 32.6 Å². The third-order valence-electron chi connectivity index (χ3n) is 8.00. The van der Waals surface area contributed by atoms with Crippen molar-refractivity contribution in [1.82, 2.24) is 10.2 Å². The summed E-state index contributed by atoms with van der Waals surface area (Å²) in [7, 11) is -4.28. The van der Waals surface area contributed by atoms with Gasteiger partial charge >= 0.3 is 0 Å². The van der Waals surface area contributed by atoms with Gasteiger partial charge in [0, 0.05) is 29.1 Å². The van der Waals surface area contributed by atoms with E-state index >= 15 is 0 Å². The largest absolute Gasteiger partial charge is 0.352 e. The predicted octanol–water partition coefficient (Wildman–Crippen LogP) is 7.54. The molecule has 11 heteroatoms. The number of nitrogens with zero attached hydrogens (tertiary/aromatic N) is 2. The topological polar surface area (TPSA) is 86.8 Å². The molecule has 0 aromatic heterocycles. The van der Waals surface area contributed by atoms with Gasteiger partial charge in [0.15, 0.2) is 0 Å². The zero-order valence-corrected chi connectivity index (χ0v) is 28.1. The van der Waals surface area contributed by atoms with Crippen LogP contribution in [0.15, 0.2) is 108 Å². The zero-order valence-electron chi connectivity index (χ0n) is 25.0. The third kappa shape index (κ3) is 8.42. The van der Waals surface area contributed by atoms with Crippen LogP contribution < -0.4 is 9.62 Å². The van der Waals surface area contributed by atoms with Crippen molar-refractivity contribution in [3.63, 3.8) is 0 Å². The molecule has 1 aliphatic carbocycles. The summed E-state index contributed by atoms with van der Waals surface area (Å²) >= 11 is 19.0. The molecule has 0 heterocycles. The molecule has 1 fully saturated rings. The fraction of sp³-hybridized carbons (Fsp3) is 0.257. The van der Waals surface area contributed by atoms with Gasteiger partial charge in [0.25, 0.3) is 10.0 Å². The molecule has 1 atom stereocenters. The molecule has 0 saturated heterocycles. The second kappa shape index (κ2) is 15.4. The van der Waals surface area contributed by atoms with Crippen molar-refractivity contribution in [1.29, 1.82) is 0 Å². The number of carbonyl (C=O) groups excluding carboxylic acids is 2. The van der Waals surface area contributed by atoms with Crippen molar-refractivity contribution in [3.8, 4) is 0 Å². The maximum Gasteiger partial charge on any atom is 0.264 e. The van der Waals surface area contributed by atoms with E-state index in [1.54, 1.807) is 36.4 Å². The van der Waals surface area contributed by atoms with Gasteiger partial charge in [0.1, 0.15) is 12.6 Å². The molecule has 1 aliphatic rings. The Morgan fingerprint density at radius 1 is 0.783 bits per heavy atom. The Morgan fingerprint density at radius 2 is 1.41 bits per heavy atom. The summed E-state index contributed by atoms with van der Waals surface area (Å²) in [4.78, 5) is 30.1. The smallest absolute Gasteiger partial charge is 0.264 e. The Kier molecular flexibility index (Phi) is 11.3. The highest BCUT2D eigenvalue weighted by atomic mass is 35.5. The van der Waals surface area contributed by atoms with Crippen molar-refractivity contribution in [2.24, 2.45) is 0 Å². The number of halogens is 3. The lowest BCUT2D eigenvalue weighted by Gasteiger charge is -2.34. The average Bonchev–Trinajstić information content (AvgIpc) is 3.56. The molecule has 0 aliphatic heterocycles. The maximum atomic E-state index is 14.6. The van der Waals surface area contributed by atoms with Crippen molar-refractivity contribution >= 4 is 62.3 Å². The summed E-state index contributed by atoms with van der Waals surface area (Å²) in [5.41, 5.74) is 1.63. The van der Waals surface area contributed by atoms with Crippen LogP contribution in [0.25, 0.3) is 0 Å². The van der Waals surface area contributed by atoms with Gasteiger partial charge in [0.05, 0.1) is 15.6 Å². The van der Waals surface area contributed by atoms with E-state index in [1.807, 2.05) is 36.4 Å². The Balaban J connectivity index is 1.58. The SMILES string of the molecule is O=C(NC1CCCC1)[C@@H](Cc1ccccc1)N(Cc1cccc(Cl)c1)C(=O)CN(c1ccc(Cl)cc1Cl)S(=O)(=O)c1ccccc1. The van der Waals surface area contributed by atoms with Crippen LogP contribution in [0.3, 0.4) is 0 Å². The number of rotatable bonds is 12. The Morgan fingerprint density at radius 3 is 2.07 bits per heavy atom. The van der Waals surface area contributed by atoms with Gasteiger partial charge in [-0.25, -0.2) is 8.42 Å². The van der Waals surface area contributed by atoms with Gasteiger partial charge in [-0.3, -0.25) is 13.9 Å².